The standard InChI is InChI=1S/C7H15N3O3/c1-9-6(11)4-10(3-2-8)5-7(12)13/h2-5,8H2,1H3,(H,9,11)(H,12,13). The number of rotatable bonds is 6. The first-order valence-electron chi connectivity index (χ1n) is 3.95. The highest BCUT2D eigenvalue weighted by atomic mass is 16.4. The third-order valence-corrected chi connectivity index (χ3v) is 1.45. The molecule has 0 unspecified atom stereocenters. The highest BCUT2D eigenvalue weighted by Gasteiger charge is 2.11. The molecule has 0 aliphatic rings. The molecule has 0 bridgehead atoms. The van der Waals surface area contributed by atoms with Gasteiger partial charge in [-0.1, -0.05) is 0 Å². The highest BCUT2D eigenvalue weighted by molar-refractivity contribution is 5.78. The molecule has 76 valence electrons. The molecule has 0 heterocycles. The van der Waals surface area contributed by atoms with Crippen LogP contribution >= 0.6 is 0 Å². The minimum Gasteiger partial charge on any atom is -0.480 e. The van der Waals surface area contributed by atoms with E-state index in [1.807, 2.05) is 0 Å². The summed E-state index contributed by atoms with van der Waals surface area (Å²) in [5.41, 5.74) is 5.26. The number of carboxylic acid groups (broad SMARTS) is 1. The van der Waals surface area contributed by atoms with E-state index in [-0.39, 0.29) is 19.0 Å². The van der Waals surface area contributed by atoms with Crippen LogP contribution in [0.2, 0.25) is 0 Å². The van der Waals surface area contributed by atoms with Gasteiger partial charge in [0.2, 0.25) is 5.91 Å². The lowest BCUT2D eigenvalue weighted by Crippen LogP contribution is -2.41. The number of amides is 1. The molecule has 13 heavy (non-hydrogen) atoms. The lowest BCUT2D eigenvalue weighted by molar-refractivity contribution is -0.138. The van der Waals surface area contributed by atoms with Gasteiger partial charge in [0.1, 0.15) is 0 Å². The van der Waals surface area contributed by atoms with Gasteiger partial charge in [0, 0.05) is 20.1 Å². The number of nitrogens with two attached hydrogens (primary N) is 1. The van der Waals surface area contributed by atoms with Gasteiger partial charge < -0.3 is 16.2 Å². The van der Waals surface area contributed by atoms with Gasteiger partial charge in [0.25, 0.3) is 0 Å². The Balaban J connectivity index is 3.93. The van der Waals surface area contributed by atoms with E-state index in [4.69, 9.17) is 10.8 Å². The van der Waals surface area contributed by atoms with Crippen LogP contribution in [-0.2, 0) is 9.59 Å². The van der Waals surface area contributed by atoms with Crippen LogP contribution in [0.1, 0.15) is 0 Å². The van der Waals surface area contributed by atoms with Gasteiger partial charge in [-0.15, -0.1) is 0 Å². The number of likely N-dealkylation sites (N-methyl/N-ethyl adjacent to an activating group) is 1. The second-order valence-corrected chi connectivity index (χ2v) is 2.57. The maximum absolute atomic E-state index is 10.9. The minimum absolute atomic E-state index is 0.0694. The van der Waals surface area contributed by atoms with Crippen LogP contribution in [0.4, 0.5) is 0 Å². The molecule has 0 saturated heterocycles. The van der Waals surface area contributed by atoms with Crippen molar-refractivity contribution in [3.05, 3.63) is 0 Å². The van der Waals surface area contributed by atoms with Crippen molar-refractivity contribution < 1.29 is 14.7 Å². The summed E-state index contributed by atoms with van der Waals surface area (Å²) in [6, 6.07) is 0. The van der Waals surface area contributed by atoms with E-state index in [1.54, 1.807) is 0 Å². The lowest BCUT2D eigenvalue weighted by atomic mass is 10.4. The summed E-state index contributed by atoms with van der Waals surface area (Å²) in [7, 11) is 1.50. The maximum Gasteiger partial charge on any atom is 0.317 e. The van der Waals surface area contributed by atoms with Crippen molar-refractivity contribution in [2.75, 3.05) is 33.2 Å². The van der Waals surface area contributed by atoms with E-state index >= 15 is 0 Å². The van der Waals surface area contributed by atoms with Gasteiger partial charge in [-0.25, -0.2) is 0 Å². The van der Waals surface area contributed by atoms with E-state index in [9.17, 15) is 9.59 Å². The molecule has 0 aromatic heterocycles. The van der Waals surface area contributed by atoms with E-state index in [0.29, 0.717) is 13.1 Å². The molecule has 4 N–H and O–H groups in total. The number of carbonyl (C=O) groups is 2. The SMILES string of the molecule is CNC(=O)CN(CCN)CC(=O)O. The van der Waals surface area contributed by atoms with E-state index in [2.05, 4.69) is 5.32 Å². The molecule has 6 nitrogen and oxygen atoms in total. The fourth-order valence-corrected chi connectivity index (χ4v) is 0.870. The first-order valence-corrected chi connectivity index (χ1v) is 3.95. The van der Waals surface area contributed by atoms with Crippen LogP contribution in [0, 0.1) is 0 Å². The third kappa shape index (κ3) is 6.06. The molecule has 0 aromatic carbocycles. The molecular weight excluding hydrogens is 174 g/mol. The van der Waals surface area contributed by atoms with Crippen LogP contribution in [0.25, 0.3) is 0 Å². The third-order valence-electron chi connectivity index (χ3n) is 1.45. The average molecular weight is 189 g/mol. The van der Waals surface area contributed by atoms with Crippen LogP contribution in [0.3, 0.4) is 0 Å². The molecule has 0 aromatic rings. The molecular formula is C7H15N3O3. The Kier molecular flexibility index (Phi) is 5.82. The van der Waals surface area contributed by atoms with Crippen molar-refractivity contribution >= 4 is 11.9 Å². The number of hydrogen-bond donors (Lipinski definition) is 3. The van der Waals surface area contributed by atoms with Crippen LogP contribution in [0.5, 0.6) is 0 Å². The number of hydrogen-bond acceptors (Lipinski definition) is 4. The molecule has 0 atom stereocenters. The Morgan fingerprint density at radius 2 is 2.08 bits per heavy atom. The van der Waals surface area contributed by atoms with Gasteiger partial charge in [0.05, 0.1) is 13.1 Å². The highest BCUT2D eigenvalue weighted by Crippen LogP contribution is 1.86. The number of carboxylic acids is 1. The van der Waals surface area contributed by atoms with Gasteiger partial charge in [0.15, 0.2) is 0 Å². The van der Waals surface area contributed by atoms with Crippen molar-refractivity contribution in [3.8, 4) is 0 Å². The van der Waals surface area contributed by atoms with Crippen LogP contribution in [-0.4, -0.2) is 55.1 Å². The Hall–Kier alpha value is -1.14. The summed E-state index contributed by atoms with van der Waals surface area (Å²) >= 11 is 0. The quantitative estimate of drug-likeness (QED) is 0.452. The van der Waals surface area contributed by atoms with Crippen molar-refractivity contribution in [1.82, 2.24) is 10.2 Å². The predicted molar refractivity (Wildman–Crippen MR) is 47.2 cm³/mol. The monoisotopic (exact) mass is 189 g/mol. The minimum atomic E-state index is -0.961. The van der Waals surface area contributed by atoms with Gasteiger partial charge in [-0.05, 0) is 0 Å². The smallest absolute Gasteiger partial charge is 0.317 e. The van der Waals surface area contributed by atoms with E-state index in [0.717, 1.165) is 0 Å². The average Bonchev–Trinajstić information content (AvgIpc) is 2.03. The number of nitrogens with one attached hydrogen (secondary N) is 1. The molecule has 0 saturated carbocycles. The fourth-order valence-electron chi connectivity index (χ4n) is 0.870. The molecule has 1 amide bonds. The molecule has 0 radical (unpaired) electrons. The summed E-state index contributed by atoms with van der Waals surface area (Å²) in [6.45, 7) is 0.647. The van der Waals surface area contributed by atoms with Gasteiger partial charge in [-0.3, -0.25) is 14.5 Å². The van der Waals surface area contributed by atoms with Crippen molar-refractivity contribution in [3.63, 3.8) is 0 Å². The molecule has 0 aliphatic heterocycles. The molecule has 0 aliphatic carbocycles. The van der Waals surface area contributed by atoms with E-state index < -0.39 is 5.97 Å². The number of aliphatic carboxylic acids is 1. The molecule has 0 fully saturated rings. The molecule has 6 heteroatoms. The summed E-state index contributed by atoms with van der Waals surface area (Å²) in [5.74, 6) is -1.17. The second kappa shape index (κ2) is 6.38. The largest absolute Gasteiger partial charge is 0.480 e. The first kappa shape index (κ1) is 11.9. The Morgan fingerprint density at radius 3 is 2.46 bits per heavy atom. The topological polar surface area (TPSA) is 95.7 Å². The summed E-state index contributed by atoms with van der Waals surface area (Å²) in [4.78, 5) is 22.7. The summed E-state index contributed by atoms with van der Waals surface area (Å²) < 4.78 is 0. The summed E-state index contributed by atoms with van der Waals surface area (Å²) in [5, 5.41) is 10.9. The zero-order valence-corrected chi connectivity index (χ0v) is 7.62. The number of nitrogens with zero attached hydrogens (tertiary/aromatic N) is 1. The zero-order valence-electron chi connectivity index (χ0n) is 7.62. The Morgan fingerprint density at radius 1 is 1.46 bits per heavy atom. The Labute approximate surface area is 76.7 Å². The fraction of sp³-hybridized carbons (Fsp3) is 0.714. The maximum atomic E-state index is 10.9. The Bertz CT molecular complexity index is 184. The van der Waals surface area contributed by atoms with Crippen LogP contribution < -0.4 is 11.1 Å². The van der Waals surface area contributed by atoms with Crippen molar-refractivity contribution in [2.24, 2.45) is 5.73 Å². The molecule has 0 spiro atoms. The lowest BCUT2D eigenvalue weighted by Gasteiger charge is -2.17. The van der Waals surface area contributed by atoms with E-state index in [1.165, 1.54) is 11.9 Å². The van der Waals surface area contributed by atoms with Crippen LogP contribution in [0.15, 0.2) is 0 Å². The second-order valence-electron chi connectivity index (χ2n) is 2.57. The van der Waals surface area contributed by atoms with Gasteiger partial charge in [-0.2, -0.15) is 0 Å². The number of carbonyl (C=O) groups excluding carboxylic acids is 1. The van der Waals surface area contributed by atoms with Crippen molar-refractivity contribution in [1.29, 1.82) is 0 Å². The van der Waals surface area contributed by atoms with Crippen molar-refractivity contribution in [2.45, 2.75) is 0 Å². The molecule has 0 rings (SSSR count). The predicted octanol–water partition coefficient (Wildman–Crippen LogP) is -1.92. The van der Waals surface area contributed by atoms with Gasteiger partial charge >= 0.3 is 5.97 Å². The zero-order chi connectivity index (χ0) is 10.3. The summed E-state index contributed by atoms with van der Waals surface area (Å²) in [6.07, 6.45) is 0. The first-order chi connectivity index (χ1) is 6.10. The normalized spacial score (nSPS) is 10.1.